The zero-order valence-electron chi connectivity index (χ0n) is 10.2. The summed E-state index contributed by atoms with van der Waals surface area (Å²) in [4.78, 5) is 0. The van der Waals surface area contributed by atoms with Gasteiger partial charge in [-0.3, -0.25) is 0 Å². The van der Waals surface area contributed by atoms with Crippen molar-refractivity contribution >= 4 is 0 Å². The van der Waals surface area contributed by atoms with E-state index in [0.717, 1.165) is 25.2 Å². The minimum atomic E-state index is 0.828. The number of unbranched alkanes of at least 4 members (excludes halogenated alkanes) is 3. The lowest BCUT2D eigenvalue weighted by Crippen LogP contribution is -1.99. The third kappa shape index (κ3) is 4.52. The molecule has 0 aliphatic rings. The van der Waals surface area contributed by atoms with Crippen molar-refractivity contribution in [2.45, 2.75) is 39.0 Å². The number of hydrogen-bond acceptors (Lipinski definition) is 1. The molecule has 1 aromatic rings. The lowest BCUT2D eigenvalue weighted by atomic mass is 10.1. The molecule has 0 heterocycles. The predicted molar refractivity (Wildman–Crippen MR) is 70.0 cm³/mol. The van der Waals surface area contributed by atoms with E-state index in [1.165, 1.54) is 24.8 Å². The molecule has 0 unspecified atom stereocenters. The van der Waals surface area contributed by atoms with Gasteiger partial charge in [-0.2, -0.15) is 0 Å². The van der Waals surface area contributed by atoms with Crippen LogP contribution >= 0.6 is 0 Å². The third-order valence-electron chi connectivity index (χ3n) is 2.59. The van der Waals surface area contributed by atoms with Gasteiger partial charge in [-0.05, 0) is 24.5 Å². The van der Waals surface area contributed by atoms with Crippen LogP contribution in [0.1, 0.15) is 38.2 Å². The topological polar surface area (TPSA) is 9.23 Å². The van der Waals surface area contributed by atoms with Crippen molar-refractivity contribution in [1.29, 1.82) is 0 Å². The number of rotatable bonds is 8. The molecule has 0 aromatic heterocycles. The van der Waals surface area contributed by atoms with Crippen molar-refractivity contribution in [2.24, 2.45) is 0 Å². The van der Waals surface area contributed by atoms with E-state index in [9.17, 15) is 0 Å². The highest BCUT2D eigenvalue weighted by molar-refractivity contribution is 5.34. The van der Waals surface area contributed by atoms with Gasteiger partial charge in [0.15, 0.2) is 0 Å². The van der Waals surface area contributed by atoms with Crippen LogP contribution in [0.2, 0.25) is 0 Å². The highest BCUT2D eigenvalue weighted by atomic mass is 16.5. The Kier molecular flexibility index (Phi) is 6.39. The van der Waals surface area contributed by atoms with Gasteiger partial charge in [0.05, 0.1) is 6.61 Å². The molecule has 1 heteroatoms. The van der Waals surface area contributed by atoms with Gasteiger partial charge in [0.2, 0.25) is 0 Å². The number of allylic oxidation sites excluding steroid dienone is 1. The Bertz CT molecular complexity index is 304. The van der Waals surface area contributed by atoms with Gasteiger partial charge in [-0.1, -0.05) is 50.5 Å². The molecule has 0 saturated heterocycles. The zero-order chi connectivity index (χ0) is 11.6. The molecule has 0 spiro atoms. The van der Waals surface area contributed by atoms with Gasteiger partial charge < -0.3 is 4.74 Å². The molecule has 16 heavy (non-hydrogen) atoms. The van der Waals surface area contributed by atoms with E-state index >= 15 is 0 Å². The standard InChI is InChI=1S/C15H22O/c1-3-5-6-9-13-16-15-12-8-7-11-14(15)10-4-2/h4,7-8,11-12H,2-3,5-6,9-10,13H2,1H3. The molecular formula is C15H22O. The summed E-state index contributed by atoms with van der Waals surface area (Å²) >= 11 is 0. The quantitative estimate of drug-likeness (QED) is 0.465. The molecule has 0 bridgehead atoms. The van der Waals surface area contributed by atoms with Crippen LogP contribution in [0.25, 0.3) is 0 Å². The van der Waals surface area contributed by atoms with Crippen LogP contribution in [0.3, 0.4) is 0 Å². The number of hydrogen-bond donors (Lipinski definition) is 0. The number of ether oxygens (including phenoxy) is 1. The molecule has 0 saturated carbocycles. The van der Waals surface area contributed by atoms with Gasteiger partial charge in [0.25, 0.3) is 0 Å². The molecule has 0 aliphatic heterocycles. The van der Waals surface area contributed by atoms with Crippen LogP contribution in [0.5, 0.6) is 5.75 Å². The summed E-state index contributed by atoms with van der Waals surface area (Å²) in [5, 5.41) is 0. The molecule has 0 atom stereocenters. The fraction of sp³-hybridized carbons (Fsp3) is 0.467. The van der Waals surface area contributed by atoms with Crippen LogP contribution in [0.4, 0.5) is 0 Å². The Morgan fingerprint density at radius 1 is 1.19 bits per heavy atom. The molecule has 0 amide bonds. The largest absolute Gasteiger partial charge is 0.493 e. The monoisotopic (exact) mass is 218 g/mol. The first-order valence-corrected chi connectivity index (χ1v) is 6.20. The summed E-state index contributed by atoms with van der Waals surface area (Å²) in [6.07, 6.45) is 7.78. The zero-order valence-corrected chi connectivity index (χ0v) is 10.2. The van der Waals surface area contributed by atoms with Gasteiger partial charge in [0, 0.05) is 0 Å². The summed E-state index contributed by atoms with van der Waals surface area (Å²) in [6.45, 7) is 6.81. The van der Waals surface area contributed by atoms with Crippen LogP contribution in [-0.4, -0.2) is 6.61 Å². The second kappa shape index (κ2) is 7.98. The van der Waals surface area contributed by atoms with E-state index in [1.54, 1.807) is 0 Å². The molecule has 1 rings (SSSR count). The van der Waals surface area contributed by atoms with Crippen molar-refractivity contribution in [2.75, 3.05) is 6.61 Å². The van der Waals surface area contributed by atoms with Crippen molar-refractivity contribution < 1.29 is 4.74 Å². The maximum atomic E-state index is 5.79. The first-order chi connectivity index (χ1) is 7.88. The lowest BCUT2D eigenvalue weighted by molar-refractivity contribution is 0.302. The molecule has 0 aliphatic carbocycles. The minimum absolute atomic E-state index is 0.828. The molecule has 88 valence electrons. The van der Waals surface area contributed by atoms with Crippen molar-refractivity contribution in [3.8, 4) is 5.75 Å². The fourth-order valence-electron chi connectivity index (χ4n) is 1.68. The normalized spacial score (nSPS) is 10.1. The van der Waals surface area contributed by atoms with Gasteiger partial charge in [-0.15, -0.1) is 6.58 Å². The SMILES string of the molecule is C=CCc1ccccc1OCCCCCC. The Hall–Kier alpha value is -1.24. The Morgan fingerprint density at radius 2 is 2.00 bits per heavy atom. The van der Waals surface area contributed by atoms with Gasteiger partial charge >= 0.3 is 0 Å². The van der Waals surface area contributed by atoms with Crippen molar-refractivity contribution in [1.82, 2.24) is 0 Å². The minimum Gasteiger partial charge on any atom is -0.493 e. The average Bonchev–Trinajstić information content (AvgIpc) is 2.31. The first-order valence-electron chi connectivity index (χ1n) is 6.20. The number of para-hydroxylation sites is 1. The van der Waals surface area contributed by atoms with Crippen molar-refractivity contribution in [3.63, 3.8) is 0 Å². The third-order valence-corrected chi connectivity index (χ3v) is 2.59. The smallest absolute Gasteiger partial charge is 0.122 e. The highest BCUT2D eigenvalue weighted by Crippen LogP contribution is 2.19. The van der Waals surface area contributed by atoms with Gasteiger partial charge in [0.1, 0.15) is 5.75 Å². The van der Waals surface area contributed by atoms with E-state index in [-0.39, 0.29) is 0 Å². The molecule has 1 aromatic carbocycles. The highest BCUT2D eigenvalue weighted by Gasteiger charge is 2.00. The molecule has 1 nitrogen and oxygen atoms in total. The van der Waals surface area contributed by atoms with E-state index < -0.39 is 0 Å². The summed E-state index contributed by atoms with van der Waals surface area (Å²) in [5.41, 5.74) is 1.23. The second-order valence-corrected chi connectivity index (χ2v) is 4.01. The molecule has 0 fully saturated rings. The maximum absolute atomic E-state index is 5.79. The maximum Gasteiger partial charge on any atom is 0.122 e. The summed E-state index contributed by atoms with van der Waals surface area (Å²) < 4.78 is 5.79. The van der Waals surface area contributed by atoms with E-state index in [1.807, 2.05) is 24.3 Å². The van der Waals surface area contributed by atoms with Crippen molar-refractivity contribution in [3.05, 3.63) is 42.5 Å². The van der Waals surface area contributed by atoms with Crippen LogP contribution in [-0.2, 0) is 6.42 Å². The van der Waals surface area contributed by atoms with E-state index in [4.69, 9.17) is 4.74 Å². The average molecular weight is 218 g/mol. The molecule has 0 radical (unpaired) electrons. The summed E-state index contributed by atoms with van der Waals surface area (Å²) in [6, 6.07) is 8.21. The molecular weight excluding hydrogens is 196 g/mol. The predicted octanol–water partition coefficient (Wildman–Crippen LogP) is 4.37. The molecule has 0 N–H and O–H groups in total. The van der Waals surface area contributed by atoms with Crippen LogP contribution in [0.15, 0.2) is 36.9 Å². The Balaban J connectivity index is 2.37. The lowest BCUT2D eigenvalue weighted by Gasteiger charge is -2.09. The first kappa shape index (κ1) is 12.8. The second-order valence-electron chi connectivity index (χ2n) is 4.01. The van der Waals surface area contributed by atoms with Gasteiger partial charge in [-0.25, -0.2) is 0 Å². The fourth-order valence-corrected chi connectivity index (χ4v) is 1.68. The Labute approximate surface area is 99.1 Å². The van der Waals surface area contributed by atoms with Crippen LogP contribution in [0, 0.1) is 0 Å². The Morgan fingerprint density at radius 3 is 2.75 bits per heavy atom. The number of benzene rings is 1. The van der Waals surface area contributed by atoms with Crippen LogP contribution < -0.4 is 4.74 Å². The van der Waals surface area contributed by atoms with E-state index in [2.05, 4.69) is 19.6 Å². The van der Waals surface area contributed by atoms with E-state index in [0.29, 0.717) is 0 Å². The summed E-state index contributed by atoms with van der Waals surface area (Å²) in [7, 11) is 0. The summed E-state index contributed by atoms with van der Waals surface area (Å²) in [5.74, 6) is 1.01.